The molecule has 0 aliphatic heterocycles. The van der Waals surface area contributed by atoms with Crippen LogP contribution in [0, 0.1) is 5.92 Å². The Hall–Kier alpha value is -3.86. The Morgan fingerprint density at radius 2 is 1.39 bits per heavy atom. The second-order valence-electron chi connectivity index (χ2n) is 7.00. The van der Waals surface area contributed by atoms with Gasteiger partial charge in [0.15, 0.2) is 16.6 Å². The van der Waals surface area contributed by atoms with Crippen LogP contribution in [0.2, 0.25) is 0 Å². The minimum absolute atomic E-state index is 0.122. The van der Waals surface area contributed by atoms with Gasteiger partial charge in [-0.25, -0.2) is 0 Å². The van der Waals surface area contributed by atoms with Crippen LogP contribution >= 0.6 is 12.2 Å². The average molecular weight is 475 g/mol. The molecule has 10 nitrogen and oxygen atoms in total. The number of hydrogen-bond donors (Lipinski definition) is 4. The molecule has 0 bridgehead atoms. The number of benzene rings is 2. The third-order valence-electron chi connectivity index (χ3n) is 4.38. The summed E-state index contributed by atoms with van der Waals surface area (Å²) in [7, 11) is 4.33. The van der Waals surface area contributed by atoms with Crippen molar-refractivity contribution in [3.8, 4) is 17.2 Å². The van der Waals surface area contributed by atoms with Gasteiger partial charge in [0.1, 0.15) is 0 Å². The van der Waals surface area contributed by atoms with Crippen LogP contribution in [0.3, 0.4) is 0 Å². The third kappa shape index (κ3) is 6.81. The van der Waals surface area contributed by atoms with Crippen LogP contribution < -0.4 is 35.7 Å². The molecule has 0 aromatic heterocycles. The van der Waals surface area contributed by atoms with E-state index in [1.54, 1.807) is 38.1 Å². The van der Waals surface area contributed by atoms with Gasteiger partial charge in [-0.3, -0.25) is 30.6 Å². The summed E-state index contributed by atoms with van der Waals surface area (Å²) in [6, 6.07) is 9.25. The molecule has 0 heterocycles. The lowest BCUT2D eigenvalue weighted by Gasteiger charge is -2.15. The van der Waals surface area contributed by atoms with Crippen LogP contribution in [0.1, 0.15) is 34.6 Å². The third-order valence-corrected chi connectivity index (χ3v) is 4.59. The molecule has 0 saturated carbocycles. The van der Waals surface area contributed by atoms with Crippen LogP contribution in [-0.4, -0.2) is 44.2 Å². The SMILES string of the molecule is COc1cc(C(=O)NC(=S)NNC(=O)c2ccc(NC(=O)C(C)C)cc2)cc(OC)c1OC. The smallest absolute Gasteiger partial charge is 0.269 e. The van der Waals surface area contributed by atoms with E-state index in [9.17, 15) is 14.4 Å². The summed E-state index contributed by atoms with van der Waals surface area (Å²) in [5.74, 6) is -0.355. The Morgan fingerprint density at radius 1 is 0.818 bits per heavy atom. The number of anilines is 1. The van der Waals surface area contributed by atoms with E-state index in [-0.39, 0.29) is 22.5 Å². The van der Waals surface area contributed by atoms with Gasteiger partial charge in [0.25, 0.3) is 11.8 Å². The van der Waals surface area contributed by atoms with Crippen molar-refractivity contribution >= 4 is 40.7 Å². The zero-order valence-corrected chi connectivity index (χ0v) is 19.7. The molecule has 0 fully saturated rings. The normalized spacial score (nSPS) is 10.1. The number of carbonyl (C=O) groups is 3. The fourth-order valence-electron chi connectivity index (χ4n) is 2.60. The van der Waals surface area contributed by atoms with Gasteiger partial charge < -0.3 is 19.5 Å². The first-order valence-electron chi connectivity index (χ1n) is 9.82. The maximum absolute atomic E-state index is 12.5. The summed E-state index contributed by atoms with van der Waals surface area (Å²) in [4.78, 5) is 36.6. The highest BCUT2D eigenvalue weighted by atomic mass is 32.1. The Kier molecular flexibility index (Phi) is 8.98. The summed E-state index contributed by atoms with van der Waals surface area (Å²) in [6.07, 6.45) is 0. The standard InChI is InChI=1S/C22H26N4O6S/c1-12(2)19(27)23-15-8-6-13(7-9-15)21(29)25-26-22(33)24-20(28)14-10-16(30-3)18(32-5)17(11-14)31-4/h6-12H,1-5H3,(H,23,27)(H,25,29)(H2,24,26,28,33). The first-order valence-corrected chi connectivity index (χ1v) is 10.2. The maximum Gasteiger partial charge on any atom is 0.269 e. The van der Waals surface area contributed by atoms with Gasteiger partial charge in [0.2, 0.25) is 11.7 Å². The van der Waals surface area contributed by atoms with E-state index in [1.807, 2.05) is 0 Å². The second kappa shape index (κ2) is 11.7. The van der Waals surface area contributed by atoms with Crippen molar-refractivity contribution in [2.24, 2.45) is 5.92 Å². The number of amides is 3. The number of hydrogen-bond acceptors (Lipinski definition) is 7. The molecule has 3 amide bonds. The molecule has 0 atom stereocenters. The Bertz CT molecular complexity index is 1010. The van der Waals surface area contributed by atoms with E-state index in [2.05, 4.69) is 21.5 Å². The summed E-state index contributed by atoms with van der Waals surface area (Å²) in [5, 5.41) is 5.07. The molecule has 2 rings (SSSR count). The molecule has 2 aromatic carbocycles. The molecule has 0 radical (unpaired) electrons. The first-order chi connectivity index (χ1) is 15.7. The largest absolute Gasteiger partial charge is 0.493 e. The van der Waals surface area contributed by atoms with E-state index in [0.29, 0.717) is 28.5 Å². The fourth-order valence-corrected chi connectivity index (χ4v) is 2.74. The molecule has 0 aliphatic carbocycles. The van der Waals surface area contributed by atoms with E-state index >= 15 is 0 Å². The van der Waals surface area contributed by atoms with Gasteiger partial charge in [0, 0.05) is 22.7 Å². The second-order valence-corrected chi connectivity index (χ2v) is 7.41. The van der Waals surface area contributed by atoms with Crippen molar-refractivity contribution in [3.63, 3.8) is 0 Å². The van der Waals surface area contributed by atoms with Crippen molar-refractivity contribution in [3.05, 3.63) is 47.5 Å². The monoisotopic (exact) mass is 474 g/mol. The van der Waals surface area contributed by atoms with E-state index in [4.69, 9.17) is 26.4 Å². The molecule has 4 N–H and O–H groups in total. The molecule has 11 heteroatoms. The van der Waals surface area contributed by atoms with Crippen molar-refractivity contribution in [1.82, 2.24) is 16.2 Å². The Balaban J connectivity index is 1.95. The predicted molar refractivity (Wildman–Crippen MR) is 127 cm³/mol. The maximum atomic E-state index is 12.5. The van der Waals surface area contributed by atoms with Gasteiger partial charge in [-0.15, -0.1) is 0 Å². The number of rotatable bonds is 7. The summed E-state index contributed by atoms with van der Waals surface area (Å²) in [6.45, 7) is 3.57. The molecule has 0 saturated heterocycles. The van der Waals surface area contributed by atoms with Gasteiger partial charge in [-0.1, -0.05) is 13.8 Å². The number of methoxy groups -OCH3 is 3. The quantitative estimate of drug-likeness (QED) is 0.356. The summed E-state index contributed by atoms with van der Waals surface area (Å²) >= 11 is 5.07. The lowest BCUT2D eigenvalue weighted by Crippen LogP contribution is -2.48. The van der Waals surface area contributed by atoms with Crippen LogP contribution in [0.4, 0.5) is 5.69 Å². The van der Waals surface area contributed by atoms with Gasteiger partial charge in [-0.05, 0) is 48.6 Å². The minimum atomic E-state index is -0.550. The zero-order valence-electron chi connectivity index (χ0n) is 18.9. The van der Waals surface area contributed by atoms with Gasteiger partial charge >= 0.3 is 0 Å². The highest BCUT2D eigenvalue weighted by Crippen LogP contribution is 2.38. The number of carbonyl (C=O) groups excluding carboxylic acids is 3. The Labute approximate surface area is 196 Å². The Morgan fingerprint density at radius 3 is 1.88 bits per heavy atom. The number of nitrogens with one attached hydrogen (secondary N) is 4. The number of ether oxygens (including phenoxy) is 3. The molecule has 33 heavy (non-hydrogen) atoms. The van der Waals surface area contributed by atoms with E-state index in [1.165, 1.54) is 33.5 Å². The molecular formula is C22H26N4O6S. The molecule has 0 unspecified atom stereocenters. The average Bonchev–Trinajstić information content (AvgIpc) is 2.81. The van der Waals surface area contributed by atoms with Crippen LogP contribution in [0.5, 0.6) is 17.2 Å². The molecule has 0 spiro atoms. The van der Waals surface area contributed by atoms with Gasteiger partial charge in [-0.2, -0.15) is 0 Å². The molecule has 0 aliphatic rings. The molecule has 176 valence electrons. The van der Waals surface area contributed by atoms with Gasteiger partial charge in [0.05, 0.1) is 21.3 Å². The zero-order chi connectivity index (χ0) is 24.5. The summed E-state index contributed by atoms with van der Waals surface area (Å²) < 4.78 is 15.7. The van der Waals surface area contributed by atoms with Crippen molar-refractivity contribution in [1.29, 1.82) is 0 Å². The highest BCUT2D eigenvalue weighted by molar-refractivity contribution is 7.80. The molecule has 2 aromatic rings. The van der Waals surface area contributed by atoms with E-state index < -0.39 is 11.8 Å². The van der Waals surface area contributed by atoms with Crippen molar-refractivity contribution in [2.75, 3.05) is 26.6 Å². The van der Waals surface area contributed by atoms with Crippen molar-refractivity contribution < 1.29 is 28.6 Å². The van der Waals surface area contributed by atoms with Crippen LogP contribution in [0.25, 0.3) is 0 Å². The minimum Gasteiger partial charge on any atom is -0.493 e. The highest BCUT2D eigenvalue weighted by Gasteiger charge is 2.18. The lowest BCUT2D eigenvalue weighted by molar-refractivity contribution is -0.118. The van der Waals surface area contributed by atoms with E-state index in [0.717, 1.165) is 0 Å². The van der Waals surface area contributed by atoms with Crippen molar-refractivity contribution in [2.45, 2.75) is 13.8 Å². The molecular weight excluding hydrogens is 448 g/mol. The van der Waals surface area contributed by atoms with Crippen LogP contribution in [-0.2, 0) is 4.79 Å². The number of thiocarbonyl (C=S) groups is 1. The number of hydrazine groups is 1. The van der Waals surface area contributed by atoms with Crippen LogP contribution in [0.15, 0.2) is 36.4 Å². The predicted octanol–water partition coefficient (Wildman–Crippen LogP) is 2.26. The fraction of sp³-hybridized carbons (Fsp3) is 0.273. The lowest BCUT2D eigenvalue weighted by atomic mass is 10.1. The first kappa shape index (κ1) is 25.4. The topological polar surface area (TPSA) is 127 Å². The summed E-state index contributed by atoms with van der Waals surface area (Å²) in [5.41, 5.74) is 5.97.